The first-order valence-corrected chi connectivity index (χ1v) is 9.37. The fourth-order valence-electron chi connectivity index (χ4n) is 2.57. The van der Waals surface area contributed by atoms with Crippen LogP contribution in [0.2, 0.25) is 0 Å². The number of carbonyl (C=O) groups excluding carboxylic acids is 1. The highest BCUT2D eigenvalue weighted by molar-refractivity contribution is 7.99. The Bertz CT molecular complexity index is 1220. The zero-order chi connectivity index (χ0) is 20.2. The minimum absolute atomic E-state index is 0.0871. The van der Waals surface area contributed by atoms with Crippen LogP contribution in [-0.2, 0) is 4.79 Å². The molecular formula is C21H14N4O3S. The van der Waals surface area contributed by atoms with E-state index in [0.717, 1.165) is 11.0 Å². The topological polar surface area (TPSA) is 115 Å². The maximum atomic E-state index is 12.3. The molecule has 0 atom stereocenters. The first kappa shape index (κ1) is 18.4. The summed E-state index contributed by atoms with van der Waals surface area (Å²) >= 11 is 1.31. The number of aromatic nitrogens is 2. The number of H-pyrrole nitrogens is 1. The van der Waals surface area contributed by atoms with Gasteiger partial charge in [-0.3, -0.25) is 4.79 Å². The molecule has 0 spiro atoms. The van der Waals surface area contributed by atoms with E-state index in [9.17, 15) is 15.2 Å². The number of nitriles is 1. The zero-order valence-corrected chi connectivity index (χ0v) is 15.7. The van der Waals surface area contributed by atoms with Gasteiger partial charge in [0.15, 0.2) is 10.2 Å². The molecule has 7 nitrogen and oxygen atoms in total. The highest BCUT2D eigenvalue weighted by atomic mass is 32.2. The van der Waals surface area contributed by atoms with Crippen LogP contribution in [0.1, 0.15) is 5.76 Å². The lowest BCUT2D eigenvalue weighted by molar-refractivity contribution is -0.112. The van der Waals surface area contributed by atoms with E-state index >= 15 is 0 Å². The van der Waals surface area contributed by atoms with Gasteiger partial charge in [0.1, 0.15) is 23.2 Å². The zero-order valence-electron chi connectivity index (χ0n) is 14.9. The number of para-hydroxylation sites is 2. The number of phenols is 1. The predicted molar refractivity (Wildman–Crippen MR) is 109 cm³/mol. The smallest absolute Gasteiger partial charge is 0.266 e. The van der Waals surface area contributed by atoms with Crippen molar-refractivity contribution in [2.45, 2.75) is 10.2 Å². The van der Waals surface area contributed by atoms with E-state index in [1.54, 1.807) is 12.1 Å². The van der Waals surface area contributed by atoms with Crippen molar-refractivity contribution in [1.82, 2.24) is 9.97 Å². The van der Waals surface area contributed by atoms with Crippen LogP contribution in [0.3, 0.4) is 0 Å². The number of fused-ring (bicyclic) bond motifs is 1. The first-order valence-electron chi connectivity index (χ1n) is 8.55. The van der Waals surface area contributed by atoms with E-state index in [1.165, 1.54) is 42.1 Å². The molecule has 3 N–H and O–H groups in total. The lowest BCUT2D eigenvalue weighted by Crippen LogP contribution is -2.13. The van der Waals surface area contributed by atoms with Crippen LogP contribution in [0.5, 0.6) is 5.75 Å². The van der Waals surface area contributed by atoms with Crippen LogP contribution >= 0.6 is 11.8 Å². The number of furan rings is 1. The molecule has 4 rings (SSSR count). The van der Waals surface area contributed by atoms with Crippen molar-refractivity contribution < 1.29 is 14.3 Å². The molecule has 4 aromatic rings. The van der Waals surface area contributed by atoms with Gasteiger partial charge in [-0.2, -0.15) is 5.26 Å². The van der Waals surface area contributed by atoms with Crippen molar-refractivity contribution in [3.63, 3.8) is 0 Å². The summed E-state index contributed by atoms with van der Waals surface area (Å²) in [6.07, 6.45) is 1.37. The lowest BCUT2D eigenvalue weighted by atomic mass is 10.2. The molecule has 0 saturated carbocycles. The molecule has 0 aliphatic carbocycles. The molecule has 0 fully saturated rings. The Labute approximate surface area is 169 Å². The maximum absolute atomic E-state index is 12.3. The fourth-order valence-corrected chi connectivity index (χ4v) is 3.34. The van der Waals surface area contributed by atoms with Gasteiger partial charge in [0, 0.05) is 11.8 Å². The number of aromatic hydroxyl groups is 1. The molecule has 142 valence electrons. The lowest BCUT2D eigenvalue weighted by Gasteiger charge is -2.03. The molecule has 2 aromatic heterocycles. The molecule has 0 aliphatic rings. The minimum Gasteiger partial charge on any atom is -0.508 e. The van der Waals surface area contributed by atoms with Crippen LogP contribution in [-0.4, -0.2) is 21.0 Å². The van der Waals surface area contributed by atoms with Crippen molar-refractivity contribution in [2.75, 3.05) is 5.32 Å². The third-order valence-electron chi connectivity index (χ3n) is 3.94. The van der Waals surface area contributed by atoms with E-state index in [0.29, 0.717) is 21.7 Å². The van der Waals surface area contributed by atoms with Gasteiger partial charge in [-0.15, -0.1) is 0 Å². The summed E-state index contributed by atoms with van der Waals surface area (Å²) in [6, 6.07) is 19.0. The quantitative estimate of drug-likeness (QED) is 0.256. The van der Waals surface area contributed by atoms with E-state index < -0.39 is 5.91 Å². The summed E-state index contributed by atoms with van der Waals surface area (Å²) in [5, 5.41) is 22.5. The SMILES string of the molecule is N#C/C(=C/c1ccc(Sc2nc3ccccc3[nH]2)o1)C(=O)Nc1ccc(O)cc1. The Kier molecular flexibility index (Phi) is 5.05. The summed E-state index contributed by atoms with van der Waals surface area (Å²) in [7, 11) is 0. The van der Waals surface area contributed by atoms with Crippen molar-refractivity contribution in [2.24, 2.45) is 0 Å². The second-order valence-corrected chi connectivity index (χ2v) is 6.98. The maximum Gasteiger partial charge on any atom is 0.266 e. The fraction of sp³-hybridized carbons (Fsp3) is 0. The average molecular weight is 402 g/mol. The summed E-state index contributed by atoms with van der Waals surface area (Å²) in [6.45, 7) is 0. The standard InChI is InChI=1S/C21H14N4O3S/c22-12-13(20(27)23-14-5-7-15(26)8-6-14)11-16-9-10-19(28-16)29-21-24-17-3-1-2-4-18(17)25-21/h1-11,26H,(H,23,27)(H,24,25)/b13-11-. The third kappa shape index (κ3) is 4.31. The number of nitrogens with zero attached hydrogens (tertiary/aromatic N) is 2. The molecule has 0 aliphatic heterocycles. The molecule has 0 radical (unpaired) electrons. The van der Waals surface area contributed by atoms with Gasteiger partial charge >= 0.3 is 0 Å². The Balaban J connectivity index is 1.48. The van der Waals surface area contributed by atoms with Gasteiger partial charge in [-0.1, -0.05) is 12.1 Å². The van der Waals surface area contributed by atoms with Crippen LogP contribution in [0.25, 0.3) is 17.1 Å². The molecule has 8 heteroatoms. The van der Waals surface area contributed by atoms with Gasteiger partial charge in [0.05, 0.1) is 11.0 Å². The van der Waals surface area contributed by atoms with Gasteiger partial charge in [-0.25, -0.2) is 4.98 Å². The van der Waals surface area contributed by atoms with E-state index in [2.05, 4.69) is 15.3 Å². The van der Waals surface area contributed by atoms with E-state index in [1.807, 2.05) is 30.3 Å². The summed E-state index contributed by atoms with van der Waals surface area (Å²) in [5.41, 5.74) is 2.15. The van der Waals surface area contributed by atoms with E-state index in [4.69, 9.17) is 4.42 Å². The van der Waals surface area contributed by atoms with Crippen LogP contribution in [0.15, 0.2) is 80.9 Å². The van der Waals surface area contributed by atoms with Crippen molar-refractivity contribution in [3.05, 3.63) is 72.0 Å². The number of hydrogen-bond acceptors (Lipinski definition) is 6. The number of hydrogen-bond donors (Lipinski definition) is 3. The van der Waals surface area contributed by atoms with Crippen molar-refractivity contribution in [1.29, 1.82) is 5.26 Å². The first-order chi connectivity index (χ1) is 14.1. The third-order valence-corrected chi connectivity index (χ3v) is 4.75. The number of imidazole rings is 1. The van der Waals surface area contributed by atoms with Gasteiger partial charge < -0.3 is 19.8 Å². The molecule has 2 aromatic carbocycles. The number of benzene rings is 2. The Morgan fingerprint density at radius 2 is 1.97 bits per heavy atom. The molecule has 1 amide bonds. The normalized spacial score (nSPS) is 11.3. The molecular weight excluding hydrogens is 388 g/mol. The molecule has 2 heterocycles. The predicted octanol–water partition coefficient (Wildman–Crippen LogP) is 4.56. The number of aromatic amines is 1. The number of phenolic OH excluding ortho intramolecular Hbond substituents is 1. The average Bonchev–Trinajstić information content (AvgIpc) is 3.34. The monoisotopic (exact) mass is 402 g/mol. The Hall–Kier alpha value is -3.96. The molecule has 29 heavy (non-hydrogen) atoms. The minimum atomic E-state index is -0.568. The van der Waals surface area contributed by atoms with Gasteiger partial charge in [-0.05, 0) is 60.3 Å². The van der Waals surface area contributed by atoms with Crippen LogP contribution < -0.4 is 5.32 Å². The summed E-state index contributed by atoms with van der Waals surface area (Å²) in [4.78, 5) is 20.0. The Morgan fingerprint density at radius 1 is 1.17 bits per heavy atom. The van der Waals surface area contributed by atoms with E-state index in [-0.39, 0.29) is 11.3 Å². The second-order valence-electron chi connectivity index (χ2n) is 5.99. The second kappa shape index (κ2) is 7.96. The van der Waals surface area contributed by atoms with Crippen LogP contribution in [0, 0.1) is 11.3 Å². The summed E-state index contributed by atoms with van der Waals surface area (Å²) in [5.74, 6) is -0.105. The molecule has 0 saturated heterocycles. The van der Waals surface area contributed by atoms with Crippen molar-refractivity contribution >= 4 is 40.5 Å². The largest absolute Gasteiger partial charge is 0.508 e. The molecule has 0 bridgehead atoms. The Morgan fingerprint density at radius 3 is 2.72 bits per heavy atom. The highest BCUT2D eigenvalue weighted by Gasteiger charge is 2.12. The summed E-state index contributed by atoms with van der Waals surface area (Å²) < 4.78 is 5.69. The van der Waals surface area contributed by atoms with Crippen molar-refractivity contribution in [3.8, 4) is 11.8 Å². The number of carbonyl (C=O) groups is 1. The number of amides is 1. The van der Waals surface area contributed by atoms with Gasteiger partial charge in [0.2, 0.25) is 0 Å². The number of anilines is 1. The molecule has 0 unspecified atom stereocenters. The van der Waals surface area contributed by atoms with Crippen LogP contribution in [0.4, 0.5) is 5.69 Å². The van der Waals surface area contributed by atoms with Gasteiger partial charge in [0.25, 0.3) is 5.91 Å². The number of nitrogens with one attached hydrogen (secondary N) is 2. The number of rotatable bonds is 5. The highest BCUT2D eigenvalue weighted by Crippen LogP contribution is 2.29.